The fraction of sp³-hybridized carbons (Fsp3) is 0.0800. The van der Waals surface area contributed by atoms with Crippen LogP contribution in [0.5, 0.6) is 17.2 Å². The molecule has 0 spiro atoms. The van der Waals surface area contributed by atoms with Crippen LogP contribution in [0.2, 0.25) is 10.0 Å². The van der Waals surface area contributed by atoms with E-state index in [-0.39, 0.29) is 40.3 Å². The Hall–Kier alpha value is -4.22. The number of halogens is 5. The third kappa shape index (κ3) is 6.55. The number of anilines is 1. The van der Waals surface area contributed by atoms with Crippen molar-refractivity contribution in [2.75, 3.05) is 5.32 Å². The minimum absolute atomic E-state index is 0.0499. The molecule has 0 unspecified atom stereocenters. The summed E-state index contributed by atoms with van der Waals surface area (Å²) in [5.41, 5.74) is -1.47. The number of carbonyl (C=O) groups is 1. The van der Waals surface area contributed by atoms with Crippen molar-refractivity contribution in [1.29, 1.82) is 0 Å². The molecule has 0 aliphatic carbocycles. The molecule has 196 valence electrons. The number of benzene rings is 3. The standard InChI is InChI=1S/C25H15Cl2F3N2O6/c26-20-5-2-6-21(23(20)27)36-13-18-7-8-22(38-18)24(33)31-15-10-16(32(34)35)12-19(11-15)37-17-4-1-3-14(9-17)25(28,29)30/h1-12H,13H2,(H,31,33). The quantitative estimate of drug-likeness (QED) is 0.170. The van der Waals surface area contributed by atoms with E-state index in [9.17, 15) is 28.1 Å². The number of amides is 1. The van der Waals surface area contributed by atoms with Gasteiger partial charge in [-0.25, -0.2) is 0 Å². The molecule has 1 N–H and O–H groups in total. The van der Waals surface area contributed by atoms with Gasteiger partial charge in [-0.2, -0.15) is 13.2 Å². The number of alkyl halides is 3. The van der Waals surface area contributed by atoms with Crippen LogP contribution in [-0.2, 0) is 12.8 Å². The van der Waals surface area contributed by atoms with E-state index in [0.29, 0.717) is 10.8 Å². The Morgan fingerprint density at radius 1 is 1.00 bits per heavy atom. The van der Waals surface area contributed by atoms with E-state index in [1.165, 1.54) is 24.3 Å². The summed E-state index contributed by atoms with van der Waals surface area (Å²) in [4.78, 5) is 23.3. The summed E-state index contributed by atoms with van der Waals surface area (Å²) in [5, 5.41) is 14.3. The molecule has 1 aromatic heterocycles. The van der Waals surface area contributed by atoms with Gasteiger partial charge in [-0.1, -0.05) is 35.3 Å². The van der Waals surface area contributed by atoms with Crippen LogP contribution in [0.3, 0.4) is 0 Å². The average Bonchev–Trinajstić information content (AvgIpc) is 3.34. The average molecular weight is 567 g/mol. The Labute approximate surface area is 222 Å². The van der Waals surface area contributed by atoms with Crippen LogP contribution >= 0.6 is 23.2 Å². The Morgan fingerprint density at radius 2 is 1.76 bits per heavy atom. The van der Waals surface area contributed by atoms with Gasteiger partial charge >= 0.3 is 6.18 Å². The number of rotatable bonds is 8. The number of nitro groups is 1. The molecule has 4 rings (SSSR count). The van der Waals surface area contributed by atoms with Gasteiger partial charge in [-0.15, -0.1) is 0 Å². The Kier molecular flexibility index (Phi) is 7.79. The van der Waals surface area contributed by atoms with Gasteiger partial charge in [-0.3, -0.25) is 14.9 Å². The van der Waals surface area contributed by atoms with Crippen molar-refractivity contribution in [2.45, 2.75) is 12.8 Å². The monoisotopic (exact) mass is 566 g/mol. The summed E-state index contributed by atoms with van der Waals surface area (Å²) in [6.45, 7) is -0.0703. The van der Waals surface area contributed by atoms with Crippen LogP contribution in [0, 0.1) is 10.1 Å². The Balaban J connectivity index is 1.48. The fourth-order valence-corrected chi connectivity index (χ4v) is 3.55. The van der Waals surface area contributed by atoms with E-state index < -0.39 is 28.3 Å². The summed E-state index contributed by atoms with van der Waals surface area (Å²) < 4.78 is 55.4. The van der Waals surface area contributed by atoms with Crippen LogP contribution < -0.4 is 14.8 Å². The van der Waals surface area contributed by atoms with E-state index in [1.807, 2.05) is 0 Å². The molecular weight excluding hydrogens is 552 g/mol. The highest BCUT2D eigenvalue weighted by molar-refractivity contribution is 6.42. The SMILES string of the molecule is O=C(Nc1cc(Oc2cccc(C(F)(F)F)c2)cc([N+](=O)[O-])c1)c1ccc(COc2cccc(Cl)c2Cl)o1. The third-order valence-electron chi connectivity index (χ3n) is 4.93. The number of ether oxygens (including phenoxy) is 2. The van der Waals surface area contributed by atoms with Crippen molar-refractivity contribution < 1.29 is 36.8 Å². The summed E-state index contributed by atoms with van der Waals surface area (Å²) in [5.74, 6) is -0.658. The van der Waals surface area contributed by atoms with Gasteiger partial charge in [0.25, 0.3) is 11.6 Å². The molecule has 0 atom stereocenters. The first-order valence-electron chi connectivity index (χ1n) is 10.6. The number of nitrogens with one attached hydrogen (secondary N) is 1. The highest BCUT2D eigenvalue weighted by atomic mass is 35.5. The van der Waals surface area contributed by atoms with Crippen molar-refractivity contribution in [3.05, 3.63) is 110 Å². The molecule has 0 aliphatic rings. The van der Waals surface area contributed by atoms with Gasteiger partial charge < -0.3 is 19.2 Å². The molecule has 0 aliphatic heterocycles. The maximum absolute atomic E-state index is 13.0. The van der Waals surface area contributed by atoms with Crippen molar-refractivity contribution in [3.8, 4) is 17.2 Å². The first-order valence-corrected chi connectivity index (χ1v) is 11.4. The molecule has 4 aromatic rings. The van der Waals surface area contributed by atoms with Crippen LogP contribution in [-0.4, -0.2) is 10.8 Å². The maximum Gasteiger partial charge on any atom is 0.416 e. The predicted molar refractivity (Wildman–Crippen MR) is 132 cm³/mol. The number of hydrogen-bond acceptors (Lipinski definition) is 6. The molecule has 1 amide bonds. The molecule has 8 nitrogen and oxygen atoms in total. The van der Waals surface area contributed by atoms with Crippen molar-refractivity contribution in [1.82, 2.24) is 0 Å². The van der Waals surface area contributed by atoms with E-state index >= 15 is 0 Å². The minimum atomic E-state index is -4.60. The number of non-ortho nitro benzene ring substituents is 1. The summed E-state index contributed by atoms with van der Waals surface area (Å²) in [6, 6.07) is 15.0. The van der Waals surface area contributed by atoms with E-state index in [4.69, 9.17) is 37.1 Å². The predicted octanol–water partition coefficient (Wildman–Crippen LogP) is 8.14. The number of nitro benzene ring substituents is 1. The second kappa shape index (κ2) is 11.0. The molecule has 0 bridgehead atoms. The normalized spacial score (nSPS) is 11.2. The highest BCUT2D eigenvalue weighted by Gasteiger charge is 2.30. The van der Waals surface area contributed by atoms with Gasteiger partial charge in [0.15, 0.2) is 5.76 Å². The van der Waals surface area contributed by atoms with Gasteiger partial charge in [0.1, 0.15) is 34.6 Å². The Morgan fingerprint density at radius 3 is 2.50 bits per heavy atom. The van der Waals surface area contributed by atoms with E-state index in [2.05, 4.69) is 5.32 Å². The van der Waals surface area contributed by atoms with E-state index in [0.717, 1.165) is 30.3 Å². The summed E-state index contributed by atoms with van der Waals surface area (Å²) in [7, 11) is 0. The van der Waals surface area contributed by atoms with Crippen LogP contribution in [0.4, 0.5) is 24.5 Å². The second-order valence-corrected chi connectivity index (χ2v) is 8.45. The van der Waals surface area contributed by atoms with Crippen molar-refractivity contribution >= 4 is 40.5 Å². The van der Waals surface area contributed by atoms with Gasteiger partial charge in [-0.05, 0) is 42.5 Å². The maximum atomic E-state index is 13.0. The fourth-order valence-electron chi connectivity index (χ4n) is 3.21. The molecule has 3 aromatic carbocycles. The number of furan rings is 1. The van der Waals surface area contributed by atoms with E-state index in [1.54, 1.807) is 18.2 Å². The smallest absolute Gasteiger partial charge is 0.416 e. The molecule has 13 heteroatoms. The van der Waals surface area contributed by atoms with Crippen molar-refractivity contribution in [2.24, 2.45) is 0 Å². The molecule has 0 saturated heterocycles. The van der Waals surface area contributed by atoms with Crippen LogP contribution in [0.25, 0.3) is 0 Å². The molecular formula is C25H15Cl2F3N2O6. The van der Waals surface area contributed by atoms with Crippen molar-refractivity contribution in [3.63, 3.8) is 0 Å². The molecule has 38 heavy (non-hydrogen) atoms. The largest absolute Gasteiger partial charge is 0.484 e. The highest BCUT2D eigenvalue weighted by Crippen LogP contribution is 2.35. The van der Waals surface area contributed by atoms with Gasteiger partial charge in [0, 0.05) is 12.1 Å². The second-order valence-electron chi connectivity index (χ2n) is 7.66. The minimum Gasteiger partial charge on any atom is -0.484 e. The summed E-state index contributed by atoms with van der Waals surface area (Å²) >= 11 is 12.0. The number of carbonyl (C=O) groups excluding carboxylic acids is 1. The van der Waals surface area contributed by atoms with Crippen LogP contribution in [0.1, 0.15) is 21.9 Å². The Bertz CT molecular complexity index is 1510. The zero-order valence-corrected chi connectivity index (χ0v) is 20.4. The molecule has 1 heterocycles. The zero-order valence-electron chi connectivity index (χ0n) is 18.9. The summed E-state index contributed by atoms with van der Waals surface area (Å²) in [6.07, 6.45) is -4.60. The lowest BCUT2D eigenvalue weighted by molar-refractivity contribution is -0.384. The zero-order chi connectivity index (χ0) is 27.4. The third-order valence-corrected chi connectivity index (χ3v) is 5.73. The first kappa shape index (κ1) is 26.8. The molecule has 0 fully saturated rings. The van der Waals surface area contributed by atoms with Gasteiger partial charge in [0.2, 0.25) is 0 Å². The molecule has 0 saturated carbocycles. The lowest BCUT2D eigenvalue weighted by Crippen LogP contribution is -2.11. The lowest BCUT2D eigenvalue weighted by atomic mass is 10.2. The first-order chi connectivity index (χ1) is 18.0. The lowest BCUT2D eigenvalue weighted by Gasteiger charge is -2.11. The molecule has 0 radical (unpaired) electrons. The number of nitrogens with zero attached hydrogens (tertiary/aromatic N) is 1. The number of hydrogen-bond donors (Lipinski definition) is 1. The topological polar surface area (TPSA) is 104 Å². The van der Waals surface area contributed by atoms with Crippen LogP contribution in [0.15, 0.2) is 77.2 Å². The van der Waals surface area contributed by atoms with Gasteiger partial charge in [0.05, 0.1) is 27.3 Å².